The molecule has 1 aromatic rings. The molecule has 3 N–H and O–H groups in total. The first-order chi connectivity index (χ1) is 7.72. The van der Waals surface area contributed by atoms with Gasteiger partial charge in [0, 0.05) is 26.0 Å². The molecule has 0 amide bonds. The lowest BCUT2D eigenvalue weighted by Gasteiger charge is -2.04. The second-order valence-corrected chi connectivity index (χ2v) is 3.49. The van der Waals surface area contributed by atoms with Crippen LogP contribution in [0.4, 0.5) is 0 Å². The average Bonchev–Trinajstić information content (AvgIpc) is 2.27. The zero-order valence-electron chi connectivity index (χ0n) is 10.1. The van der Waals surface area contributed by atoms with Gasteiger partial charge in [0.2, 0.25) is 0 Å². The number of hydrogen-bond acceptors (Lipinski definition) is 3. The van der Waals surface area contributed by atoms with E-state index in [-0.39, 0.29) is 24.0 Å². The third-order valence-electron chi connectivity index (χ3n) is 1.98. The fourth-order valence-corrected chi connectivity index (χ4v) is 1.22. The Bertz CT molecular complexity index is 357. The molecular formula is C11H19IN4O. The Balaban J connectivity index is 0.00000256. The Morgan fingerprint density at radius 1 is 1.53 bits per heavy atom. The number of nitrogens with one attached hydrogen (secondary N) is 1. The molecule has 0 saturated heterocycles. The van der Waals surface area contributed by atoms with Crippen molar-refractivity contribution < 1.29 is 4.74 Å². The van der Waals surface area contributed by atoms with Crippen molar-refractivity contribution in [1.82, 2.24) is 10.3 Å². The van der Waals surface area contributed by atoms with Crippen LogP contribution < -0.4 is 11.1 Å². The zero-order chi connectivity index (χ0) is 11.8. The van der Waals surface area contributed by atoms with Gasteiger partial charge >= 0.3 is 0 Å². The average molecular weight is 350 g/mol. The third kappa shape index (κ3) is 7.11. The maximum Gasteiger partial charge on any atom is 0.188 e. The minimum Gasteiger partial charge on any atom is -0.383 e. The van der Waals surface area contributed by atoms with Crippen molar-refractivity contribution in [3.8, 4) is 0 Å². The largest absolute Gasteiger partial charge is 0.383 e. The van der Waals surface area contributed by atoms with Crippen molar-refractivity contribution in [2.24, 2.45) is 10.7 Å². The Hall–Kier alpha value is -0.890. The van der Waals surface area contributed by atoms with E-state index in [0.29, 0.717) is 25.7 Å². The summed E-state index contributed by atoms with van der Waals surface area (Å²) in [5.41, 5.74) is 7.84. The second kappa shape index (κ2) is 9.17. The van der Waals surface area contributed by atoms with E-state index in [2.05, 4.69) is 15.3 Å². The van der Waals surface area contributed by atoms with E-state index in [1.54, 1.807) is 13.3 Å². The number of ether oxygens (including phenoxy) is 1. The van der Waals surface area contributed by atoms with Gasteiger partial charge in [0.25, 0.3) is 0 Å². The van der Waals surface area contributed by atoms with Crippen LogP contribution in [0.25, 0.3) is 0 Å². The molecule has 6 heteroatoms. The summed E-state index contributed by atoms with van der Waals surface area (Å²) in [5.74, 6) is 0.429. The topological polar surface area (TPSA) is 72.5 Å². The predicted molar refractivity (Wildman–Crippen MR) is 79.6 cm³/mol. The minimum absolute atomic E-state index is 0. The molecular weight excluding hydrogens is 331 g/mol. The van der Waals surface area contributed by atoms with Crippen molar-refractivity contribution >= 4 is 29.9 Å². The van der Waals surface area contributed by atoms with Crippen LogP contribution in [-0.2, 0) is 11.3 Å². The summed E-state index contributed by atoms with van der Waals surface area (Å²) in [6, 6.07) is 2.04. The minimum atomic E-state index is 0. The van der Waals surface area contributed by atoms with Gasteiger partial charge in [-0.05, 0) is 18.1 Å². The van der Waals surface area contributed by atoms with E-state index < -0.39 is 0 Å². The van der Waals surface area contributed by atoms with E-state index in [1.165, 1.54) is 0 Å². The highest BCUT2D eigenvalue weighted by Gasteiger charge is 1.94. The number of halogens is 1. The fourth-order valence-electron chi connectivity index (χ4n) is 1.22. The van der Waals surface area contributed by atoms with Gasteiger partial charge in [-0.25, -0.2) is 4.99 Å². The van der Waals surface area contributed by atoms with Crippen LogP contribution in [0.1, 0.15) is 11.1 Å². The van der Waals surface area contributed by atoms with E-state index in [1.807, 2.05) is 19.2 Å². The fraction of sp³-hybridized carbons (Fsp3) is 0.455. The molecule has 0 aliphatic rings. The van der Waals surface area contributed by atoms with Gasteiger partial charge in [-0.15, -0.1) is 24.0 Å². The van der Waals surface area contributed by atoms with Gasteiger partial charge in [-0.1, -0.05) is 6.07 Å². The van der Waals surface area contributed by atoms with E-state index in [4.69, 9.17) is 10.5 Å². The first kappa shape index (κ1) is 16.1. The molecule has 0 atom stereocenters. The number of aryl methyl sites for hydroxylation is 1. The SMILES string of the molecule is COCCNC(N)=NCc1cncc(C)c1.I. The Morgan fingerprint density at radius 2 is 2.29 bits per heavy atom. The number of aliphatic imine (C=N–C) groups is 1. The number of nitrogens with zero attached hydrogens (tertiary/aromatic N) is 2. The highest BCUT2D eigenvalue weighted by Crippen LogP contribution is 2.02. The summed E-state index contributed by atoms with van der Waals surface area (Å²) in [4.78, 5) is 8.28. The molecule has 1 heterocycles. The highest BCUT2D eigenvalue weighted by atomic mass is 127. The summed E-state index contributed by atoms with van der Waals surface area (Å²) in [6.07, 6.45) is 3.60. The molecule has 0 spiro atoms. The molecule has 0 unspecified atom stereocenters. The van der Waals surface area contributed by atoms with Crippen LogP contribution in [0.15, 0.2) is 23.5 Å². The quantitative estimate of drug-likeness (QED) is 0.361. The molecule has 0 aliphatic heterocycles. The summed E-state index contributed by atoms with van der Waals surface area (Å²) >= 11 is 0. The Labute approximate surface area is 119 Å². The zero-order valence-corrected chi connectivity index (χ0v) is 12.5. The summed E-state index contributed by atoms with van der Waals surface area (Å²) in [7, 11) is 1.65. The Morgan fingerprint density at radius 3 is 2.94 bits per heavy atom. The highest BCUT2D eigenvalue weighted by molar-refractivity contribution is 14.0. The van der Waals surface area contributed by atoms with Crippen LogP contribution in [0.5, 0.6) is 0 Å². The van der Waals surface area contributed by atoms with Crippen LogP contribution in [0.3, 0.4) is 0 Å². The lowest BCUT2D eigenvalue weighted by atomic mass is 10.2. The first-order valence-electron chi connectivity index (χ1n) is 5.15. The number of methoxy groups -OCH3 is 1. The van der Waals surface area contributed by atoms with E-state index >= 15 is 0 Å². The van der Waals surface area contributed by atoms with Gasteiger partial charge in [-0.3, -0.25) is 4.98 Å². The maximum atomic E-state index is 5.66. The van der Waals surface area contributed by atoms with Crippen molar-refractivity contribution in [1.29, 1.82) is 0 Å². The molecule has 0 aromatic carbocycles. The molecule has 17 heavy (non-hydrogen) atoms. The van der Waals surface area contributed by atoms with Gasteiger partial charge in [0.05, 0.1) is 13.2 Å². The normalized spacial score (nSPS) is 10.8. The van der Waals surface area contributed by atoms with Crippen molar-refractivity contribution in [2.75, 3.05) is 20.3 Å². The predicted octanol–water partition coefficient (Wildman–Crippen LogP) is 1.06. The first-order valence-corrected chi connectivity index (χ1v) is 5.15. The molecule has 0 radical (unpaired) electrons. The van der Waals surface area contributed by atoms with Gasteiger partial charge in [0.1, 0.15) is 0 Å². The molecule has 0 aliphatic carbocycles. The van der Waals surface area contributed by atoms with Crippen molar-refractivity contribution in [3.05, 3.63) is 29.6 Å². The van der Waals surface area contributed by atoms with Gasteiger partial charge < -0.3 is 15.8 Å². The molecule has 0 fully saturated rings. The monoisotopic (exact) mass is 350 g/mol. The van der Waals surface area contributed by atoms with Crippen LogP contribution in [0, 0.1) is 6.92 Å². The smallest absolute Gasteiger partial charge is 0.188 e. The standard InChI is InChI=1S/C11H18N4O.HI/c1-9-5-10(7-13-6-9)8-15-11(12)14-3-4-16-2;/h5-7H,3-4,8H2,1-2H3,(H3,12,14,15);1H. The van der Waals surface area contributed by atoms with E-state index in [9.17, 15) is 0 Å². The van der Waals surface area contributed by atoms with Crippen LogP contribution >= 0.6 is 24.0 Å². The number of aromatic nitrogens is 1. The van der Waals surface area contributed by atoms with Gasteiger partial charge in [-0.2, -0.15) is 0 Å². The number of nitrogens with two attached hydrogens (primary N) is 1. The number of hydrogen-bond donors (Lipinski definition) is 2. The number of guanidine groups is 1. The molecule has 0 bridgehead atoms. The van der Waals surface area contributed by atoms with Gasteiger partial charge in [0.15, 0.2) is 5.96 Å². The Kier molecular flexibility index (Phi) is 8.69. The van der Waals surface area contributed by atoms with Crippen LogP contribution in [0.2, 0.25) is 0 Å². The molecule has 5 nitrogen and oxygen atoms in total. The molecule has 96 valence electrons. The summed E-state index contributed by atoms with van der Waals surface area (Å²) < 4.78 is 4.89. The summed E-state index contributed by atoms with van der Waals surface area (Å²) in [5, 5.41) is 2.95. The lowest BCUT2D eigenvalue weighted by Crippen LogP contribution is -2.34. The van der Waals surface area contributed by atoms with E-state index in [0.717, 1.165) is 11.1 Å². The lowest BCUT2D eigenvalue weighted by molar-refractivity contribution is 0.204. The molecule has 1 aromatic heterocycles. The molecule has 0 saturated carbocycles. The molecule has 1 rings (SSSR count). The number of rotatable bonds is 5. The van der Waals surface area contributed by atoms with Crippen molar-refractivity contribution in [3.63, 3.8) is 0 Å². The van der Waals surface area contributed by atoms with Crippen LogP contribution in [-0.4, -0.2) is 31.2 Å². The third-order valence-corrected chi connectivity index (χ3v) is 1.98. The maximum absolute atomic E-state index is 5.66. The number of pyridine rings is 1. The second-order valence-electron chi connectivity index (χ2n) is 3.49. The van der Waals surface area contributed by atoms with Crippen molar-refractivity contribution in [2.45, 2.75) is 13.5 Å². The summed E-state index contributed by atoms with van der Waals surface area (Å²) in [6.45, 7) is 3.82.